The predicted molar refractivity (Wildman–Crippen MR) is 111 cm³/mol. The van der Waals surface area contributed by atoms with Crippen LogP contribution in [0.1, 0.15) is 117 Å². The number of rotatable bonds is 16. The molecule has 1 heterocycles. The van der Waals surface area contributed by atoms with Crippen LogP contribution in [0, 0.1) is 0 Å². The average Bonchev–Trinajstić information content (AvgIpc) is 2.61. The maximum absolute atomic E-state index is 5.80. The van der Waals surface area contributed by atoms with Crippen LogP contribution in [0.3, 0.4) is 0 Å². The average molecular weight is 357 g/mol. The van der Waals surface area contributed by atoms with Crippen molar-refractivity contribution in [1.29, 1.82) is 0 Å². The summed E-state index contributed by atoms with van der Waals surface area (Å²) in [6.45, 7) is 5.72. The molecule has 0 spiro atoms. The van der Waals surface area contributed by atoms with Gasteiger partial charge in [0.15, 0.2) is 0 Å². The van der Waals surface area contributed by atoms with Crippen LogP contribution in [-0.2, 0) is 4.74 Å². The highest BCUT2D eigenvalue weighted by Crippen LogP contribution is 2.20. The van der Waals surface area contributed by atoms with Crippen LogP contribution in [0.15, 0.2) is 0 Å². The smallest absolute Gasteiger partial charge is 0.0575 e. The molecule has 1 aliphatic rings. The summed E-state index contributed by atoms with van der Waals surface area (Å²) < 4.78 is 5.80. The quantitative estimate of drug-likeness (QED) is 0.261. The third-order valence-electron chi connectivity index (χ3n) is 5.31. The molecule has 1 rings (SSSR count). The van der Waals surface area contributed by atoms with Crippen molar-refractivity contribution in [3.63, 3.8) is 0 Å². The second-order valence-corrected chi connectivity index (χ2v) is 9.33. The van der Waals surface area contributed by atoms with Crippen molar-refractivity contribution in [2.45, 2.75) is 128 Å². The molecule has 0 radical (unpaired) electrons. The molecule has 0 aromatic heterocycles. The normalized spacial score (nSPS) is 19.5. The second kappa shape index (κ2) is 16.8. The van der Waals surface area contributed by atoms with Crippen molar-refractivity contribution in [3.05, 3.63) is 0 Å². The molecule has 0 aliphatic carbocycles. The second-order valence-electron chi connectivity index (χ2n) is 7.78. The lowest BCUT2D eigenvalue weighted by atomic mass is 10.0. The number of hydrogen-bond donors (Lipinski definition) is 0. The molecule has 24 heavy (non-hydrogen) atoms. The zero-order valence-corrected chi connectivity index (χ0v) is 17.5. The van der Waals surface area contributed by atoms with Gasteiger partial charge in [0.1, 0.15) is 0 Å². The Morgan fingerprint density at radius 2 is 1.58 bits per heavy atom. The first-order chi connectivity index (χ1) is 11.8. The summed E-state index contributed by atoms with van der Waals surface area (Å²) in [6.07, 6.45) is 23.0. The Morgan fingerprint density at radius 1 is 0.875 bits per heavy atom. The van der Waals surface area contributed by atoms with Gasteiger partial charge in [-0.1, -0.05) is 78.1 Å². The monoisotopic (exact) mass is 356 g/mol. The van der Waals surface area contributed by atoms with E-state index in [-0.39, 0.29) is 0 Å². The van der Waals surface area contributed by atoms with Crippen LogP contribution in [0.5, 0.6) is 0 Å². The number of hydrogen-bond acceptors (Lipinski definition) is 2. The number of thioether (sulfide) groups is 1. The lowest BCUT2D eigenvalue weighted by Gasteiger charge is -2.22. The molecule has 2 atom stereocenters. The van der Waals surface area contributed by atoms with Crippen LogP contribution in [0.2, 0.25) is 0 Å². The lowest BCUT2D eigenvalue weighted by molar-refractivity contribution is 0.00977. The van der Waals surface area contributed by atoms with E-state index in [0.717, 1.165) is 11.9 Å². The zero-order valence-electron chi connectivity index (χ0n) is 16.7. The summed E-state index contributed by atoms with van der Waals surface area (Å²) >= 11 is 2.20. The number of ether oxygens (including phenoxy) is 1. The Morgan fingerprint density at radius 3 is 2.25 bits per heavy atom. The van der Waals surface area contributed by atoms with Crippen molar-refractivity contribution < 1.29 is 4.74 Å². The van der Waals surface area contributed by atoms with Gasteiger partial charge in [-0.3, -0.25) is 0 Å². The van der Waals surface area contributed by atoms with Crippen LogP contribution in [0.4, 0.5) is 0 Å². The van der Waals surface area contributed by atoms with Crippen LogP contribution >= 0.6 is 11.8 Å². The molecule has 0 amide bonds. The van der Waals surface area contributed by atoms with Crippen molar-refractivity contribution >= 4 is 11.8 Å². The van der Waals surface area contributed by atoms with Crippen LogP contribution in [-0.4, -0.2) is 23.7 Å². The largest absolute Gasteiger partial charge is 0.378 e. The van der Waals surface area contributed by atoms with Gasteiger partial charge >= 0.3 is 0 Å². The molecule has 144 valence electrons. The van der Waals surface area contributed by atoms with Crippen molar-refractivity contribution in [2.75, 3.05) is 12.4 Å². The Balaban J connectivity index is 1.72. The molecule has 0 aromatic rings. The molecular weight excluding hydrogens is 312 g/mol. The fourth-order valence-corrected chi connectivity index (χ4v) is 4.73. The van der Waals surface area contributed by atoms with Gasteiger partial charge in [-0.15, -0.1) is 0 Å². The summed E-state index contributed by atoms with van der Waals surface area (Å²) in [5, 5.41) is 0.879. The Hall–Kier alpha value is 0.310. The van der Waals surface area contributed by atoms with Gasteiger partial charge in [-0.05, 0) is 44.3 Å². The molecule has 1 saturated heterocycles. The molecule has 2 heteroatoms. The molecule has 0 saturated carbocycles. The molecule has 2 unspecified atom stereocenters. The van der Waals surface area contributed by atoms with E-state index < -0.39 is 0 Å². The van der Waals surface area contributed by atoms with Gasteiger partial charge in [0.2, 0.25) is 0 Å². The topological polar surface area (TPSA) is 9.23 Å². The van der Waals surface area contributed by atoms with E-state index in [4.69, 9.17) is 4.74 Å². The lowest BCUT2D eigenvalue weighted by Crippen LogP contribution is -2.18. The molecule has 1 fully saturated rings. The van der Waals surface area contributed by atoms with Crippen molar-refractivity contribution in [3.8, 4) is 0 Å². The minimum atomic E-state index is 0.598. The predicted octanol–water partition coefficient (Wildman–Crippen LogP) is 7.77. The van der Waals surface area contributed by atoms with Gasteiger partial charge in [0.25, 0.3) is 0 Å². The van der Waals surface area contributed by atoms with E-state index in [9.17, 15) is 0 Å². The molecule has 0 aromatic carbocycles. The van der Waals surface area contributed by atoms with Gasteiger partial charge in [-0.2, -0.15) is 11.8 Å². The van der Waals surface area contributed by atoms with E-state index in [1.54, 1.807) is 0 Å². The molecular formula is C22H44OS. The minimum Gasteiger partial charge on any atom is -0.378 e. The SMILES string of the molecule is CCCCCC(C)SCCCCCCCCCCC1CCCCO1. The van der Waals surface area contributed by atoms with Gasteiger partial charge < -0.3 is 4.74 Å². The third-order valence-corrected chi connectivity index (χ3v) is 6.64. The molecule has 1 nitrogen and oxygen atoms in total. The van der Waals surface area contributed by atoms with E-state index >= 15 is 0 Å². The third kappa shape index (κ3) is 13.6. The first-order valence-electron chi connectivity index (χ1n) is 11.1. The standard InChI is InChI=1S/C22H44OS/c1-3-4-11-16-21(2)24-20-15-10-8-6-5-7-9-12-17-22-18-13-14-19-23-22/h21-22H,3-20H2,1-2H3. The van der Waals surface area contributed by atoms with Gasteiger partial charge in [0.05, 0.1) is 6.10 Å². The van der Waals surface area contributed by atoms with E-state index in [1.807, 2.05) is 0 Å². The Kier molecular flexibility index (Phi) is 15.6. The highest BCUT2D eigenvalue weighted by Gasteiger charge is 2.12. The molecule has 0 N–H and O–H groups in total. The maximum Gasteiger partial charge on any atom is 0.0575 e. The van der Waals surface area contributed by atoms with Crippen LogP contribution < -0.4 is 0 Å². The summed E-state index contributed by atoms with van der Waals surface area (Å²) in [5.74, 6) is 1.38. The summed E-state index contributed by atoms with van der Waals surface area (Å²) in [7, 11) is 0. The Labute approximate surface area is 157 Å². The van der Waals surface area contributed by atoms with E-state index in [2.05, 4.69) is 25.6 Å². The van der Waals surface area contributed by atoms with Gasteiger partial charge in [-0.25, -0.2) is 0 Å². The fraction of sp³-hybridized carbons (Fsp3) is 1.00. The highest BCUT2D eigenvalue weighted by molar-refractivity contribution is 7.99. The zero-order chi connectivity index (χ0) is 17.3. The fourth-order valence-electron chi connectivity index (χ4n) is 3.62. The van der Waals surface area contributed by atoms with Crippen LogP contribution in [0.25, 0.3) is 0 Å². The first-order valence-corrected chi connectivity index (χ1v) is 12.1. The summed E-state index contributed by atoms with van der Waals surface area (Å²) in [5.41, 5.74) is 0. The van der Waals surface area contributed by atoms with Crippen molar-refractivity contribution in [2.24, 2.45) is 0 Å². The van der Waals surface area contributed by atoms with E-state index in [1.165, 1.54) is 108 Å². The van der Waals surface area contributed by atoms with Gasteiger partial charge in [0, 0.05) is 11.9 Å². The molecule has 0 bridgehead atoms. The Bertz CT molecular complexity index is 250. The summed E-state index contributed by atoms with van der Waals surface area (Å²) in [6, 6.07) is 0. The number of unbranched alkanes of at least 4 members (excludes halogenated alkanes) is 9. The summed E-state index contributed by atoms with van der Waals surface area (Å²) in [4.78, 5) is 0. The highest BCUT2D eigenvalue weighted by atomic mass is 32.2. The first kappa shape index (κ1) is 22.4. The minimum absolute atomic E-state index is 0.598. The van der Waals surface area contributed by atoms with Crippen molar-refractivity contribution in [1.82, 2.24) is 0 Å². The van der Waals surface area contributed by atoms with E-state index in [0.29, 0.717) is 6.10 Å². The maximum atomic E-state index is 5.80. The molecule has 1 aliphatic heterocycles.